The lowest BCUT2D eigenvalue weighted by Gasteiger charge is -2.28. The molecule has 0 spiro atoms. The Labute approximate surface area is 84.3 Å². The number of hydrogen-bond donors (Lipinski definition) is 1. The third-order valence-corrected chi connectivity index (χ3v) is 2.81. The van der Waals surface area contributed by atoms with E-state index in [0.29, 0.717) is 0 Å². The maximum atomic E-state index is 9.86. The number of nitrogens with zero attached hydrogens (tertiary/aromatic N) is 1. The molecule has 78 valence electrons. The monoisotopic (exact) mass is 195 g/mol. The molecule has 1 fully saturated rings. The number of rotatable bonds is 3. The van der Waals surface area contributed by atoms with Gasteiger partial charge in [-0.2, -0.15) is 0 Å². The number of furan rings is 1. The maximum Gasteiger partial charge on any atom is 0.0961 e. The second-order valence-corrected chi connectivity index (χ2v) is 3.93. The molecule has 0 radical (unpaired) electrons. The number of likely N-dealkylation sites (tertiary alicyclic amines) is 1. The fourth-order valence-corrected chi connectivity index (χ4v) is 1.96. The van der Waals surface area contributed by atoms with Crippen LogP contribution in [-0.4, -0.2) is 29.6 Å². The summed E-state index contributed by atoms with van der Waals surface area (Å²) in [6.45, 7) is 2.98. The van der Waals surface area contributed by atoms with Crippen LogP contribution in [0.3, 0.4) is 0 Å². The first-order chi connectivity index (χ1) is 6.86. The first-order valence-corrected chi connectivity index (χ1v) is 5.29. The van der Waals surface area contributed by atoms with Gasteiger partial charge in [0.1, 0.15) is 0 Å². The van der Waals surface area contributed by atoms with Crippen molar-refractivity contribution in [3.8, 4) is 0 Å². The first-order valence-electron chi connectivity index (χ1n) is 5.29. The van der Waals surface area contributed by atoms with Gasteiger partial charge in [0, 0.05) is 12.1 Å². The van der Waals surface area contributed by atoms with Crippen LogP contribution < -0.4 is 0 Å². The third kappa shape index (κ3) is 2.36. The second kappa shape index (κ2) is 4.62. The quantitative estimate of drug-likeness (QED) is 0.799. The zero-order valence-corrected chi connectivity index (χ0v) is 8.35. The number of aliphatic hydroxyl groups is 1. The van der Waals surface area contributed by atoms with Crippen LogP contribution in [0, 0.1) is 0 Å². The first kappa shape index (κ1) is 9.74. The standard InChI is InChI=1S/C11H17NO2/c13-11(10-4-7-14-9-10)8-12-5-2-1-3-6-12/h4,7,9,11,13H,1-3,5-6,8H2. The Kier molecular flexibility index (Phi) is 3.22. The molecule has 2 heterocycles. The van der Waals surface area contributed by atoms with Crippen LogP contribution in [0.25, 0.3) is 0 Å². The molecule has 3 heteroatoms. The van der Waals surface area contributed by atoms with Gasteiger partial charge in [0.05, 0.1) is 18.6 Å². The van der Waals surface area contributed by atoms with Crippen LogP contribution in [-0.2, 0) is 0 Å². The highest BCUT2D eigenvalue weighted by molar-refractivity contribution is 5.09. The van der Waals surface area contributed by atoms with Crippen molar-refractivity contribution in [3.05, 3.63) is 24.2 Å². The molecule has 0 amide bonds. The van der Waals surface area contributed by atoms with Gasteiger partial charge in [0.2, 0.25) is 0 Å². The van der Waals surface area contributed by atoms with Crippen LogP contribution >= 0.6 is 0 Å². The lowest BCUT2D eigenvalue weighted by molar-refractivity contribution is 0.101. The van der Waals surface area contributed by atoms with Crippen molar-refractivity contribution >= 4 is 0 Å². The Hall–Kier alpha value is -0.800. The molecule has 14 heavy (non-hydrogen) atoms. The summed E-state index contributed by atoms with van der Waals surface area (Å²) in [5.74, 6) is 0. The molecule has 1 N–H and O–H groups in total. The van der Waals surface area contributed by atoms with Crippen molar-refractivity contribution in [1.29, 1.82) is 0 Å². The molecule has 0 saturated carbocycles. The van der Waals surface area contributed by atoms with E-state index < -0.39 is 6.10 Å². The van der Waals surface area contributed by atoms with Gasteiger partial charge >= 0.3 is 0 Å². The van der Waals surface area contributed by atoms with Gasteiger partial charge in [0.15, 0.2) is 0 Å². The number of β-amino-alcohol motifs (C(OH)–C–C–N with tert-alkyl or cyclic N) is 1. The fraction of sp³-hybridized carbons (Fsp3) is 0.636. The van der Waals surface area contributed by atoms with E-state index in [9.17, 15) is 5.11 Å². The highest BCUT2D eigenvalue weighted by Crippen LogP contribution is 2.17. The topological polar surface area (TPSA) is 36.6 Å². The van der Waals surface area contributed by atoms with Crippen LogP contribution in [0.5, 0.6) is 0 Å². The SMILES string of the molecule is OC(CN1CCCCC1)c1ccoc1. The summed E-state index contributed by atoms with van der Waals surface area (Å²) in [6.07, 6.45) is 6.68. The number of piperidine rings is 1. The molecule has 1 aliphatic rings. The van der Waals surface area contributed by atoms with E-state index in [-0.39, 0.29) is 0 Å². The molecule has 3 nitrogen and oxygen atoms in total. The molecule has 0 aliphatic carbocycles. The van der Waals surface area contributed by atoms with Crippen molar-refractivity contribution < 1.29 is 9.52 Å². The Bertz CT molecular complexity index is 252. The maximum absolute atomic E-state index is 9.86. The molecular formula is C11H17NO2. The fourth-order valence-electron chi connectivity index (χ4n) is 1.96. The summed E-state index contributed by atoms with van der Waals surface area (Å²) in [4.78, 5) is 2.32. The number of hydrogen-bond acceptors (Lipinski definition) is 3. The predicted molar refractivity (Wildman–Crippen MR) is 54.0 cm³/mol. The van der Waals surface area contributed by atoms with Crippen LogP contribution in [0.4, 0.5) is 0 Å². The van der Waals surface area contributed by atoms with Crippen molar-refractivity contribution in [3.63, 3.8) is 0 Å². The van der Waals surface area contributed by atoms with E-state index in [1.165, 1.54) is 19.3 Å². The zero-order chi connectivity index (χ0) is 9.80. The molecule has 1 aliphatic heterocycles. The summed E-state index contributed by atoms with van der Waals surface area (Å²) < 4.78 is 4.95. The normalized spacial score (nSPS) is 20.9. The summed E-state index contributed by atoms with van der Waals surface area (Å²) in [7, 11) is 0. The zero-order valence-electron chi connectivity index (χ0n) is 8.35. The van der Waals surface area contributed by atoms with Gasteiger partial charge in [-0.3, -0.25) is 0 Å². The Morgan fingerprint density at radius 1 is 1.36 bits per heavy atom. The third-order valence-electron chi connectivity index (χ3n) is 2.81. The van der Waals surface area contributed by atoms with Gasteiger partial charge in [-0.15, -0.1) is 0 Å². The predicted octanol–water partition coefficient (Wildman–Crippen LogP) is 1.80. The van der Waals surface area contributed by atoms with Gasteiger partial charge in [-0.1, -0.05) is 6.42 Å². The molecular weight excluding hydrogens is 178 g/mol. The Morgan fingerprint density at radius 2 is 2.14 bits per heavy atom. The minimum absolute atomic E-state index is 0.396. The van der Waals surface area contributed by atoms with Crippen molar-refractivity contribution in [2.24, 2.45) is 0 Å². The summed E-state index contributed by atoms with van der Waals surface area (Å²) in [5, 5.41) is 9.86. The second-order valence-electron chi connectivity index (χ2n) is 3.93. The average molecular weight is 195 g/mol. The smallest absolute Gasteiger partial charge is 0.0961 e. The highest BCUT2D eigenvalue weighted by atomic mass is 16.3. The van der Waals surface area contributed by atoms with Gasteiger partial charge < -0.3 is 14.4 Å². The van der Waals surface area contributed by atoms with Crippen molar-refractivity contribution in [2.45, 2.75) is 25.4 Å². The molecule has 1 saturated heterocycles. The van der Waals surface area contributed by atoms with E-state index in [1.54, 1.807) is 12.5 Å². The van der Waals surface area contributed by atoms with Gasteiger partial charge in [-0.25, -0.2) is 0 Å². The lowest BCUT2D eigenvalue weighted by Crippen LogP contribution is -2.33. The van der Waals surface area contributed by atoms with E-state index in [1.807, 2.05) is 6.07 Å². The lowest BCUT2D eigenvalue weighted by atomic mass is 10.1. The minimum atomic E-state index is -0.396. The summed E-state index contributed by atoms with van der Waals surface area (Å²) in [6, 6.07) is 1.83. The van der Waals surface area contributed by atoms with Crippen molar-refractivity contribution in [2.75, 3.05) is 19.6 Å². The average Bonchev–Trinajstić information content (AvgIpc) is 2.72. The van der Waals surface area contributed by atoms with Crippen LogP contribution in [0.15, 0.2) is 23.0 Å². The molecule has 1 aromatic rings. The van der Waals surface area contributed by atoms with Crippen molar-refractivity contribution in [1.82, 2.24) is 4.90 Å². The summed E-state index contributed by atoms with van der Waals surface area (Å²) >= 11 is 0. The van der Waals surface area contributed by atoms with Gasteiger partial charge in [0.25, 0.3) is 0 Å². The van der Waals surface area contributed by atoms with E-state index in [2.05, 4.69) is 4.90 Å². The van der Waals surface area contributed by atoms with E-state index >= 15 is 0 Å². The molecule has 1 unspecified atom stereocenters. The largest absolute Gasteiger partial charge is 0.472 e. The van der Waals surface area contributed by atoms with E-state index in [0.717, 1.165) is 25.2 Å². The molecule has 0 bridgehead atoms. The Balaban J connectivity index is 1.84. The molecule has 1 aromatic heterocycles. The number of aliphatic hydroxyl groups excluding tert-OH is 1. The van der Waals surface area contributed by atoms with Crippen LogP contribution in [0.2, 0.25) is 0 Å². The molecule has 2 rings (SSSR count). The van der Waals surface area contributed by atoms with Gasteiger partial charge in [-0.05, 0) is 32.0 Å². The highest BCUT2D eigenvalue weighted by Gasteiger charge is 2.16. The molecule has 0 aromatic carbocycles. The van der Waals surface area contributed by atoms with E-state index in [4.69, 9.17) is 4.42 Å². The summed E-state index contributed by atoms with van der Waals surface area (Å²) in [5.41, 5.74) is 0.885. The Morgan fingerprint density at radius 3 is 2.79 bits per heavy atom. The van der Waals surface area contributed by atoms with Crippen LogP contribution in [0.1, 0.15) is 30.9 Å². The molecule has 1 atom stereocenters. The minimum Gasteiger partial charge on any atom is -0.472 e.